The zero-order chi connectivity index (χ0) is 14.4. The number of ether oxygens (including phenoxy) is 1. The van der Waals surface area contributed by atoms with Gasteiger partial charge in [0.25, 0.3) is 0 Å². The average molecular weight is 271 g/mol. The monoisotopic (exact) mass is 271 g/mol. The molecule has 0 spiro atoms. The standard InChI is InChI=1S/C16H21N3O/c1-12(2)9-15-18-14(10-16(19-15)20-3)17-11-13-7-5-4-6-8-13/h4-8,10,12H,9,11H2,1-3H3,(H,17,18,19). The first-order chi connectivity index (χ1) is 9.67. The smallest absolute Gasteiger partial charge is 0.218 e. The van der Waals surface area contributed by atoms with Gasteiger partial charge in [-0.25, -0.2) is 4.98 Å². The van der Waals surface area contributed by atoms with Gasteiger partial charge < -0.3 is 10.1 Å². The summed E-state index contributed by atoms with van der Waals surface area (Å²) in [4.78, 5) is 8.91. The van der Waals surface area contributed by atoms with Crippen molar-refractivity contribution >= 4 is 5.82 Å². The number of nitrogens with zero attached hydrogens (tertiary/aromatic N) is 2. The third kappa shape index (κ3) is 4.23. The van der Waals surface area contributed by atoms with Crippen molar-refractivity contribution in [3.05, 3.63) is 47.8 Å². The Balaban J connectivity index is 2.10. The summed E-state index contributed by atoms with van der Waals surface area (Å²) in [5.41, 5.74) is 1.22. The van der Waals surface area contributed by atoms with Crippen LogP contribution in [0.15, 0.2) is 36.4 Å². The fraction of sp³-hybridized carbons (Fsp3) is 0.375. The highest BCUT2D eigenvalue weighted by Crippen LogP contribution is 2.16. The quantitative estimate of drug-likeness (QED) is 0.875. The van der Waals surface area contributed by atoms with Crippen LogP contribution in [0.5, 0.6) is 5.88 Å². The summed E-state index contributed by atoms with van der Waals surface area (Å²) in [5.74, 6) is 2.74. The molecule has 0 amide bonds. The SMILES string of the molecule is COc1cc(NCc2ccccc2)nc(CC(C)C)n1. The molecular formula is C16H21N3O. The third-order valence-corrected chi connectivity index (χ3v) is 2.87. The van der Waals surface area contributed by atoms with Gasteiger partial charge in [0, 0.05) is 19.0 Å². The predicted molar refractivity (Wildman–Crippen MR) is 80.9 cm³/mol. The zero-order valence-electron chi connectivity index (χ0n) is 12.3. The van der Waals surface area contributed by atoms with Gasteiger partial charge in [-0.1, -0.05) is 44.2 Å². The number of methoxy groups -OCH3 is 1. The van der Waals surface area contributed by atoms with Crippen molar-refractivity contribution in [1.29, 1.82) is 0 Å². The Bertz CT molecular complexity index is 541. The molecule has 2 rings (SSSR count). The molecule has 0 aliphatic carbocycles. The lowest BCUT2D eigenvalue weighted by atomic mass is 10.1. The molecule has 1 aromatic heterocycles. The summed E-state index contributed by atoms with van der Waals surface area (Å²) in [7, 11) is 1.63. The molecule has 1 N–H and O–H groups in total. The van der Waals surface area contributed by atoms with Crippen molar-refractivity contribution in [1.82, 2.24) is 9.97 Å². The first-order valence-corrected chi connectivity index (χ1v) is 6.87. The molecule has 0 bridgehead atoms. The van der Waals surface area contributed by atoms with Gasteiger partial charge >= 0.3 is 0 Å². The van der Waals surface area contributed by atoms with Gasteiger partial charge in [-0.15, -0.1) is 0 Å². The predicted octanol–water partition coefficient (Wildman–Crippen LogP) is 3.30. The minimum Gasteiger partial charge on any atom is -0.481 e. The Hall–Kier alpha value is -2.10. The molecule has 0 atom stereocenters. The first kappa shape index (κ1) is 14.3. The summed E-state index contributed by atoms with van der Waals surface area (Å²) in [5, 5.41) is 3.32. The number of anilines is 1. The maximum atomic E-state index is 5.24. The van der Waals surface area contributed by atoms with E-state index in [2.05, 4.69) is 41.3 Å². The maximum absolute atomic E-state index is 5.24. The molecule has 0 aliphatic heterocycles. The molecule has 1 aromatic carbocycles. The minimum atomic E-state index is 0.518. The number of rotatable bonds is 6. The van der Waals surface area contributed by atoms with E-state index in [1.807, 2.05) is 24.3 Å². The normalized spacial score (nSPS) is 10.6. The van der Waals surface area contributed by atoms with Crippen molar-refractivity contribution in [3.63, 3.8) is 0 Å². The molecule has 4 nitrogen and oxygen atoms in total. The molecule has 0 aliphatic rings. The van der Waals surface area contributed by atoms with Crippen molar-refractivity contribution in [2.24, 2.45) is 5.92 Å². The van der Waals surface area contributed by atoms with Crippen LogP contribution in [-0.2, 0) is 13.0 Å². The van der Waals surface area contributed by atoms with Crippen LogP contribution in [0.2, 0.25) is 0 Å². The van der Waals surface area contributed by atoms with Gasteiger partial charge in [0.2, 0.25) is 5.88 Å². The van der Waals surface area contributed by atoms with E-state index in [0.717, 1.165) is 24.6 Å². The second-order valence-corrected chi connectivity index (χ2v) is 5.15. The highest BCUT2D eigenvalue weighted by molar-refractivity contribution is 5.39. The zero-order valence-corrected chi connectivity index (χ0v) is 12.3. The molecule has 0 radical (unpaired) electrons. The molecule has 1 heterocycles. The van der Waals surface area contributed by atoms with Gasteiger partial charge in [-0.05, 0) is 11.5 Å². The van der Waals surface area contributed by atoms with E-state index in [1.165, 1.54) is 5.56 Å². The highest BCUT2D eigenvalue weighted by Gasteiger charge is 2.07. The van der Waals surface area contributed by atoms with Crippen LogP contribution in [0.3, 0.4) is 0 Å². The Morgan fingerprint density at radius 2 is 1.90 bits per heavy atom. The lowest BCUT2D eigenvalue weighted by Crippen LogP contribution is -2.07. The van der Waals surface area contributed by atoms with E-state index in [0.29, 0.717) is 11.8 Å². The van der Waals surface area contributed by atoms with E-state index in [-0.39, 0.29) is 0 Å². The number of hydrogen-bond donors (Lipinski definition) is 1. The summed E-state index contributed by atoms with van der Waals surface area (Å²) < 4.78 is 5.24. The van der Waals surface area contributed by atoms with Crippen molar-refractivity contribution in [3.8, 4) is 5.88 Å². The van der Waals surface area contributed by atoms with E-state index in [1.54, 1.807) is 7.11 Å². The fourth-order valence-corrected chi connectivity index (χ4v) is 1.91. The Morgan fingerprint density at radius 1 is 1.15 bits per heavy atom. The fourth-order valence-electron chi connectivity index (χ4n) is 1.91. The van der Waals surface area contributed by atoms with Gasteiger partial charge in [-0.2, -0.15) is 4.98 Å². The number of hydrogen-bond acceptors (Lipinski definition) is 4. The average Bonchev–Trinajstić information content (AvgIpc) is 2.45. The third-order valence-electron chi connectivity index (χ3n) is 2.87. The van der Waals surface area contributed by atoms with Crippen LogP contribution in [0.1, 0.15) is 25.2 Å². The highest BCUT2D eigenvalue weighted by atomic mass is 16.5. The topological polar surface area (TPSA) is 47.0 Å². The molecule has 0 fully saturated rings. The largest absolute Gasteiger partial charge is 0.481 e. The molecular weight excluding hydrogens is 250 g/mol. The Labute approximate surface area is 120 Å². The molecule has 0 saturated carbocycles. The van der Waals surface area contributed by atoms with Crippen molar-refractivity contribution < 1.29 is 4.74 Å². The van der Waals surface area contributed by atoms with Crippen LogP contribution in [0.4, 0.5) is 5.82 Å². The Morgan fingerprint density at radius 3 is 2.55 bits per heavy atom. The minimum absolute atomic E-state index is 0.518. The van der Waals surface area contributed by atoms with Crippen LogP contribution >= 0.6 is 0 Å². The lowest BCUT2D eigenvalue weighted by Gasteiger charge is -2.10. The lowest BCUT2D eigenvalue weighted by molar-refractivity contribution is 0.394. The molecule has 106 valence electrons. The number of aromatic nitrogens is 2. The summed E-state index contributed by atoms with van der Waals surface area (Å²) in [6.45, 7) is 5.04. The maximum Gasteiger partial charge on any atom is 0.218 e. The van der Waals surface area contributed by atoms with E-state index in [4.69, 9.17) is 4.74 Å². The van der Waals surface area contributed by atoms with Crippen LogP contribution in [-0.4, -0.2) is 17.1 Å². The second-order valence-electron chi connectivity index (χ2n) is 5.15. The number of benzene rings is 1. The van der Waals surface area contributed by atoms with Gasteiger partial charge in [0.05, 0.1) is 7.11 Å². The van der Waals surface area contributed by atoms with Crippen molar-refractivity contribution in [2.75, 3.05) is 12.4 Å². The summed E-state index contributed by atoms with van der Waals surface area (Å²) in [6, 6.07) is 12.1. The molecule has 0 saturated heterocycles. The molecule has 2 aromatic rings. The van der Waals surface area contributed by atoms with E-state index in [9.17, 15) is 0 Å². The molecule has 4 heteroatoms. The Kier molecular flexibility index (Phi) is 4.93. The molecule has 20 heavy (non-hydrogen) atoms. The summed E-state index contributed by atoms with van der Waals surface area (Å²) in [6.07, 6.45) is 0.844. The second kappa shape index (κ2) is 6.89. The van der Waals surface area contributed by atoms with E-state index >= 15 is 0 Å². The number of nitrogens with one attached hydrogen (secondary N) is 1. The van der Waals surface area contributed by atoms with E-state index < -0.39 is 0 Å². The van der Waals surface area contributed by atoms with Crippen molar-refractivity contribution in [2.45, 2.75) is 26.8 Å². The first-order valence-electron chi connectivity index (χ1n) is 6.87. The van der Waals surface area contributed by atoms with Crippen LogP contribution in [0.25, 0.3) is 0 Å². The van der Waals surface area contributed by atoms with Crippen LogP contribution in [0, 0.1) is 5.92 Å². The van der Waals surface area contributed by atoms with Crippen LogP contribution < -0.4 is 10.1 Å². The summed E-state index contributed by atoms with van der Waals surface area (Å²) >= 11 is 0. The molecule has 0 unspecified atom stereocenters. The van der Waals surface area contributed by atoms with Gasteiger partial charge in [-0.3, -0.25) is 0 Å². The van der Waals surface area contributed by atoms with Gasteiger partial charge in [0.15, 0.2) is 0 Å². The van der Waals surface area contributed by atoms with Gasteiger partial charge in [0.1, 0.15) is 11.6 Å².